The molecule has 0 radical (unpaired) electrons. The molecule has 2 N–H and O–H groups in total. The number of rotatable bonds is 4. The van der Waals surface area contributed by atoms with E-state index in [2.05, 4.69) is 22.5 Å². The van der Waals surface area contributed by atoms with Crippen molar-refractivity contribution in [2.45, 2.75) is 51.5 Å². The third kappa shape index (κ3) is 5.96. The van der Waals surface area contributed by atoms with Gasteiger partial charge in [0.1, 0.15) is 0 Å². The molecule has 0 bridgehead atoms. The first-order valence-electron chi connectivity index (χ1n) is 10.3. The van der Waals surface area contributed by atoms with Gasteiger partial charge in [0, 0.05) is 24.8 Å². The highest BCUT2D eigenvalue weighted by Crippen LogP contribution is 2.22. The Bertz CT molecular complexity index is 614. The fourth-order valence-electron chi connectivity index (χ4n) is 4.04. The molecule has 2 heterocycles. The van der Waals surface area contributed by atoms with Gasteiger partial charge < -0.3 is 15.1 Å². The zero-order valence-electron chi connectivity index (χ0n) is 16.3. The number of carbonyl (C=O) groups is 2. The fraction of sp³-hybridized carbons (Fsp3) is 0.619. The van der Waals surface area contributed by atoms with Crippen LogP contribution in [-0.4, -0.2) is 54.1 Å². The van der Waals surface area contributed by atoms with Crippen LogP contribution in [0, 0.1) is 5.92 Å². The van der Waals surface area contributed by atoms with Crippen LogP contribution in [-0.2, 0) is 0 Å². The predicted octanol–water partition coefficient (Wildman–Crippen LogP) is 3.90. The van der Waals surface area contributed by atoms with Crippen molar-refractivity contribution in [1.29, 1.82) is 0 Å². The molecule has 1 unspecified atom stereocenters. The maximum atomic E-state index is 12.6. The van der Waals surface area contributed by atoms with E-state index in [1.807, 2.05) is 23.1 Å². The maximum Gasteiger partial charge on any atom is 0.327 e. The molecule has 0 aliphatic carbocycles. The van der Waals surface area contributed by atoms with Gasteiger partial charge in [0.15, 0.2) is 0 Å². The number of likely N-dealkylation sites (tertiary alicyclic amines) is 2. The second kappa shape index (κ2) is 9.74. The van der Waals surface area contributed by atoms with Crippen LogP contribution >= 0.6 is 0 Å². The van der Waals surface area contributed by atoms with Crippen LogP contribution in [0.25, 0.3) is 0 Å². The lowest BCUT2D eigenvalue weighted by atomic mass is 9.97. The van der Waals surface area contributed by atoms with Gasteiger partial charge in [-0.2, -0.15) is 0 Å². The second-order valence-electron chi connectivity index (χ2n) is 7.91. The summed E-state index contributed by atoms with van der Waals surface area (Å²) in [6.45, 7) is 6.42. The Balaban J connectivity index is 1.48. The average molecular weight is 373 g/mol. The molecule has 27 heavy (non-hydrogen) atoms. The van der Waals surface area contributed by atoms with Crippen LogP contribution in [0.5, 0.6) is 0 Å². The number of hydrogen-bond donors (Lipinski definition) is 2. The SMILES string of the molecule is CC1CCN(CCC2CCCCN2C(=O)NC(=O)Nc2ccccc2)CC1. The summed E-state index contributed by atoms with van der Waals surface area (Å²) in [5, 5.41) is 5.20. The molecule has 1 atom stereocenters. The van der Waals surface area contributed by atoms with Crippen LogP contribution in [0.15, 0.2) is 30.3 Å². The van der Waals surface area contributed by atoms with Crippen molar-refractivity contribution in [3.63, 3.8) is 0 Å². The number of carbonyl (C=O) groups excluding carboxylic acids is 2. The van der Waals surface area contributed by atoms with Gasteiger partial charge in [0.05, 0.1) is 0 Å². The Morgan fingerprint density at radius 1 is 1.04 bits per heavy atom. The summed E-state index contributed by atoms with van der Waals surface area (Å²) in [6.07, 6.45) is 6.72. The summed E-state index contributed by atoms with van der Waals surface area (Å²) in [6, 6.07) is 8.65. The predicted molar refractivity (Wildman–Crippen MR) is 108 cm³/mol. The minimum Gasteiger partial charge on any atom is -0.321 e. The largest absolute Gasteiger partial charge is 0.327 e. The monoisotopic (exact) mass is 372 g/mol. The molecule has 3 rings (SSSR count). The quantitative estimate of drug-likeness (QED) is 0.842. The van der Waals surface area contributed by atoms with Gasteiger partial charge >= 0.3 is 12.1 Å². The van der Waals surface area contributed by atoms with Crippen LogP contribution in [0.1, 0.15) is 45.4 Å². The van der Waals surface area contributed by atoms with Crippen molar-refractivity contribution in [3.8, 4) is 0 Å². The van der Waals surface area contributed by atoms with E-state index in [9.17, 15) is 9.59 Å². The van der Waals surface area contributed by atoms with E-state index in [0.717, 1.165) is 44.7 Å². The summed E-state index contributed by atoms with van der Waals surface area (Å²) in [7, 11) is 0. The summed E-state index contributed by atoms with van der Waals surface area (Å²) in [5.41, 5.74) is 0.678. The van der Waals surface area contributed by atoms with Gasteiger partial charge in [0.2, 0.25) is 0 Å². The van der Waals surface area contributed by atoms with Crippen molar-refractivity contribution >= 4 is 17.7 Å². The summed E-state index contributed by atoms with van der Waals surface area (Å²) < 4.78 is 0. The third-order valence-electron chi connectivity index (χ3n) is 5.79. The number of anilines is 1. The molecule has 2 aliphatic rings. The molecule has 2 fully saturated rings. The highest BCUT2D eigenvalue weighted by Gasteiger charge is 2.28. The first-order valence-corrected chi connectivity index (χ1v) is 10.3. The van der Waals surface area contributed by atoms with Gasteiger partial charge in [-0.15, -0.1) is 0 Å². The Labute approximate surface area is 162 Å². The van der Waals surface area contributed by atoms with Gasteiger partial charge in [-0.25, -0.2) is 9.59 Å². The number of urea groups is 2. The normalized spacial score (nSPS) is 21.7. The number of para-hydroxylation sites is 1. The lowest BCUT2D eigenvalue weighted by Crippen LogP contribution is -2.52. The molecule has 1 aromatic rings. The van der Waals surface area contributed by atoms with Gasteiger partial charge in [-0.3, -0.25) is 5.32 Å². The zero-order chi connectivity index (χ0) is 19.1. The zero-order valence-corrected chi connectivity index (χ0v) is 16.3. The standard InChI is InChI=1S/C21H32N4O2/c1-17-10-14-24(15-11-17)16-12-19-9-5-6-13-25(19)21(27)23-20(26)22-18-7-3-2-4-8-18/h2-4,7-8,17,19H,5-6,9-16H2,1H3,(H2,22,23,26,27). The second-order valence-corrected chi connectivity index (χ2v) is 7.91. The summed E-state index contributed by atoms with van der Waals surface area (Å²) in [5.74, 6) is 0.835. The van der Waals surface area contributed by atoms with E-state index in [0.29, 0.717) is 5.69 Å². The molecule has 0 spiro atoms. The topological polar surface area (TPSA) is 64.7 Å². The molecule has 2 saturated heterocycles. The number of amides is 4. The fourth-order valence-corrected chi connectivity index (χ4v) is 4.04. The molecule has 0 saturated carbocycles. The first kappa shape index (κ1) is 19.7. The first-order chi connectivity index (χ1) is 13.1. The van der Waals surface area contributed by atoms with E-state index in [1.165, 1.54) is 25.9 Å². The molecule has 0 aromatic heterocycles. The Kier molecular flexibility index (Phi) is 7.10. The lowest BCUT2D eigenvalue weighted by Gasteiger charge is -2.37. The van der Waals surface area contributed by atoms with E-state index in [4.69, 9.17) is 0 Å². The number of hydrogen-bond acceptors (Lipinski definition) is 3. The molecule has 2 aliphatic heterocycles. The van der Waals surface area contributed by atoms with Crippen molar-refractivity contribution in [2.24, 2.45) is 5.92 Å². The number of piperidine rings is 2. The number of imide groups is 1. The molecule has 4 amide bonds. The van der Waals surface area contributed by atoms with Crippen LogP contribution in [0.4, 0.5) is 15.3 Å². The van der Waals surface area contributed by atoms with Crippen molar-refractivity contribution in [1.82, 2.24) is 15.1 Å². The number of nitrogens with one attached hydrogen (secondary N) is 2. The van der Waals surface area contributed by atoms with Crippen LogP contribution in [0.2, 0.25) is 0 Å². The van der Waals surface area contributed by atoms with Crippen LogP contribution < -0.4 is 10.6 Å². The molecule has 1 aromatic carbocycles. The lowest BCUT2D eigenvalue weighted by molar-refractivity contribution is 0.128. The van der Waals surface area contributed by atoms with Crippen molar-refractivity contribution in [2.75, 3.05) is 31.5 Å². The summed E-state index contributed by atoms with van der Waals surface area (Å²) in [4.78, 5) is 29.2. The minimum atomic E-state index is -0.472. The highest BCUT2D eigenvalue weighted by molar-refractivity contribution is 6.00. The third-order valence-corrected chi connectivity index (χ3v) is 5.79. The number of nitrogens with zero attached hydrogens (tertiary/aromatic N) is 2. The van der Waals surface area contributed by atoms with Gasteiger partial charge in [-0.1, -0.05) is 25.1 Å². The van der Waals surface area contributed by atoms with E-state index in [1.54, 1.807) is 12.1 Å². The average Bonchev–Trinajstić information content (AvgIpc) is 2.68. The smallest absolute Gasteiger partial charge is 0.321 e. The Morgan fingerprint density at radius 3 is 2.52 bits per heavy atom. The van der Waals surface area contributed by atoms with Gasteiger partial charge in [0.25, 0.3) is 0 Å². The summed E-state index contributed by atoms with van der Waals surface area (Å²) >= 11 is 0. The maximum absolute atomic E-state index is 12.6. The molecule has 148 valence electrons. The Morgan fingerprint density at radius 2 is 1.78 bits per heavy atom. The van der Waals surface area contributed by atoms with Gasteiger partial charge in [-0.05, 0) is 69.7 Å². The van der Waals surface area contributed by atoms with Crippen molar-refractivity contribution in [3.05, 3.63) is 30.3 Å². The van der Waals surface area contributed by atoms with Crippen molar-refractivity contribution < 1.29 is 9.59 Å². The molecular formula is C21H32N4O2. The molecular weight excluding hydrogens is 340 g/mol. The molecule has 6 nitrogen and oxygen atoms in total. The Hall–Kier alpha value is -2.08. The molecule has 6 heteroatoms. The highest BCUT2D eigenvalue weighted by atomic mass is 16.2. The van der Waals surface area contributed by atoms with Crippen LogP contribution in [0.3, 0.4) is 0 Å². The van der Waals surface area contributed by atoms with E-state index < -0.39 is 6.03 Å². The number of benzene rings is 1. The van der Waals surface area contributed by atoms with E-state index >= 15 is 0 Å². The van der Waals surface area contributed by atoms with E-state index in [-0.39, 0.29) is 12.1 Å². The minimum absolute atomic E-state index is 0.225.